The maximum absolute atomic E-state index is 15.3. The monoisotopic (exact) mass is 918 g/mol. The van der Waals surface area contributed by atoms with Crippen LogP contribution in [0.4, 0.5) is 19.0 Å². The van der Waals surface area contributed by atoms with Crippen molar-refractivity contribution < 1.29 is 37.3 Å². The number of hydrogen-bond acceptors (Lipinski definition) is 11. The predicted molar refractivity (Wildman–Crippen MR) is 226 cm³/mol. The molecule has 21 heteroatoms. The number of anilines is 1. The summed E-state index contributed by atoms with van der Waals surface area (Å²) >= 11 is 12.6. The molecule has 0 radical (unpaired) electrons. The van der Waals surface area contributed by atoms with Crippen molar-refractivity contribution in [3.8, 4) is 17.2 Å². The molecule has 1 saturated carbocycles. The van der Waals surface area contributed by atoms with Gasteiger partial charge < -0.3 is 19.1 Å². The lowest BCUT2D eigenvalue weighted by atomic mass is 9.53. The molecule has 1 aliphatic carbocycles. The number of hydrogen-bond donors (Lipinski definition) is 2. The molecule has 2 aliphatic heterocycles. The second-order valence-electron chi connectivity index (χ2n) is 15.5. The number of amides is 2. The Morgan fingerprint density at radius 2 is 1.66 bits per heavy atom. The smallest absolute Gasteiger partial charge is 0.417 e. The molecular weight excluding hydrogens is 884 g/mol. The number of pyridine rings is 1. The summed E-state index contributed by atoms with van der Waals surface area (Å²) in [7, 11) is 4.48. The lowest BCUT2D eigenvalue weighted by Gasteiger charge is -2.49. The highest BCUT2D eigenvalue weighted by molar-refractivity contribution is 6.33. The maximum Gasteiger partial charge on any atom is 0.417 e. The minimum absolute atomic E-state index is 0.0665. The van der Waals surface area contributed by atoms with Crippen LogP contribution < -0.4 is 31.8 Å². The number of carbonyl (C=O) groups is 2. The number of phenolic OH excluding ortho intramolecular Hbond substituents is 1. The molecule has 3 aromatic carbocycles. The van der Waals surface area contributed by atoms with Crippen LogP contribution in [-0.2, 0) is 47.7 Å². The number of alkyl halides is 3. The summed E-state index contributed by atoms with van der Waals surface area (Å²) < 4.78 is 56.2. The number of methoxy groups -OCH3 is 2. The number of carbonyl (C=O) groups excluding carboxylic acids is 2. The molecule has 2 N–H and O–H groups in total. The Kier molecular flexibility index (Phi) is 10.2. The van der Waals surface area contributed by atoms with Gasteiger partial charge in [0.25, 0.3) is 17.4 Å². The molecule has 2 amide bonds. The van der Waals surface area contributed by atoms with Crippen LogP contribution in [0.2, 0.25) is 10.0 Å². The number of allylic oxidation sites excluding steroid dienone is 2. The minimum Gasteiger partial charge on any atom is -0.508 e. The third kappa shape index (κ3) is 6.38. The van der Waals surface area contributed by atoms with Gasteiger partial charge in [0.15, 0.2) is 17.3 Å². The third-order valence-corrected chi connectivity index (χ3v) is 12.9. The van der Waals surface area contributed by atoms with E-state index < -0.39 is 74.6 Å². The van der Waals surface area contributed by atoms with Crippen molar-refractivity contribution in [1.29, 1.82) is 0 Å². The number of ether oxygens (including phenoxy) is 2. The first-order valence-corrected chi connectivity index (χ1v) is 20.4. The van der Waals surface area contributed by atoms with Gasteiger partial charge >= 0.3 is 17.6 Å². The van der Waals surface area contributed by atoms with Crippen LogP contribution in [0.5, 0.6) is 17.2 Å². The van der Waals surface area contributed by atoms with E-state index in [9.17, 15) is 37.5 Å². The zero-order chi connectivity index (χ0) is 45.6. The number of fused-ring (bicyclic) bond motifs is 5. The molecule has 2 fully saturated rings. The summed E-state index contributed by atoms with van der Waals surface area (Å²) in [6.45, 7) is -0.421. The summed E-state index contributed by atoms with van der Waals surface area (Å²) in [5, 5.41) is 12.0. The first kappa shape index (κ1) is 42.4. The number of aromatic hydroxyl groups is 1. The second-order valence-corrected chi connectivity index (χ2v) is 16.4. The molecule has 6 aromatic rings. The average molecular weight is 920 g/mol. The molecule has 64 heavy (non-hydrogen) atoms. The first-order valence-electron chi connectivity index (χ1n) is 19.7. The van der Waals surface area contributed by atoms with Crippen LogP contribution in [0.3, 0.4) is 0 Å². The third-order valence-electron chi connectivity index (χ3n) is 12.4. The minimum atomic E-state index is -4.79. The molecule has 4 atom stereocenters. The maximum atomic E-state index is 15.3. The quantitative estimate of drug-likeness (QED) is 0.141. The van der Waals surface area contributed by atoms with Gasteiger partial charge in [-0.3, -0.25) is 19.8 Å². The van der Waals surface area contributed by atoms with Gasteiger partial charge in [-0.25, -0.2) is 33.5 Å². The van der Waals surface area contributed by atoms with Crippen LogP contribution >= 0.6 is 23.2 Å². The summed E-state index contributed by atoms with van der Waals surface area (Å²) in [6.07, 6.45) is -2.96. The Morgan fingerprint density at radius 3 is 2.33 bits per heavy atom. The molecule has 5 heterocycles. The summed E-state index contributed by atoms with van der Waals surface area (Å²) in [5.41, 5.74) is -0.551. The van der Waals surface area contributed by atoms with E-state index in [0.29, 0.717) is 56.0 Å². The summed E-state index contributed by atoms with van der Waals surface area (Å²) in [6, 6.07) is 15.2. The van der Waals surface area contributed by atoms with Crippen molar-refractivity contribution in [1.82, 2.24) is 33.5 Å². The number of aromatic nitrogens is 6. The van der Waals surface area contributed by atoms with Gasteiger partial charge in [-0.2, -0.15) is 18.2 Å². The van der Waals surface area contributed by atoms with Gasteiger partial charge in [0, 0.05) is 54.8 Å². The lowest BCUT2D eigenvalue weighted by Crippen LogP contribution is -2.53. The topological polar surface area (TPSA) is 185 Å². The zero-order valence-electron chi connectivity index (χ0n) is 33.9. The number of benzene rings is 3. The molecule has 9 rings (SSSR count). The Bertz CT molecular complexity index is 3160. The second kappa shape index (κ2) is 15.4. The number of phenols is 1. The van der Waals surface area contributed by atoms with Gasteiger partial charge in [-0.15, -0.1) is 0 Å². The first-order chi connectivity index (χ1) is 30.5. The number of hydrazine groups is 1. The van der Waals surface area contributed by atoms with Crippen molar-refractivity contribution in [2.45, 2.75) is 49.5 Å². The number of nitrogens with one attached hydrogen (secondary N) is 1. The van der Waals surface area contributed by atoms with Gasteiger partial charge in [-0.1, -0.05) is 59.6 Å². The van der Waals surface area contributed by atoms with E-state index in [0.717, 1.165) is 4.57 Å². The number of aryl methyl sites for hydroxylation is 2. The zero-order valence-corrected chi connectivity index (χ0v) is 35.4. The van der Waals surface area contributed by atoms with Crippen molar-refractivity contribution in [2.24, 2.45) is 13.0 Å². The van der Waals surface area contributed by atoms with E-state index in [-0.39, 0.29) is 42.9 Å². The number of para-hydroxylation sites is 1. The van der Waals surface area contributed by atoms with Crippen LogP contribution in [-0.4, -0.2) is 64.6 Å². The van der Waals surface area contributed by atoms with Crippen LogP contribution in [0.1, 0.15) is 40.8 Å². The van der Waals surface area contributed by atoms with Gasteiger partial charge in [0.2, 0.25) is 0 Å². The number of halogens is 5. The van der Waals surface area contributed by atoms with Gasteiger partial charge in [0.1, 0.15) is 11.4 Å². The highest BCUT2D eigenvalue weighted by atomic mass is 35.5. The van der Waals surface area contributed by atoms with E-state index in [1.54, 1.807) is 55.6 Å². The normalized spacial score (nSPS) is 20.5. The average Bonchev–Trinajstić information content (AvgIpc) is 3.64. The molecule has 16 nitrogen and oxygen atoms in total. The Labute approximate surface area is 369 Å². The van der Waals surface area contributed by atoms with E-state index in [1.165, 1.54) is 46.3 Å². The van der Waals surface area contributed by atoms with Crippen molar-refractivity contribution >= 4 is 51.9 Å². The SMILES string of the molecule is COc1cc2nc(CCn3c(=O)n4n(c3=O)[C@@H]3C[C@H]5C(=O)N(Nc6ncc(C(F)(F)F)cc6Cl)C(=O)[C@@]5(c5ccc(Cl)cc5)[C@@H](c5ccccc5O)C3=CC4)c(=O)n(C)c2cc1OC. The van der Waals surface area contributed by atoms with Crippen molar-refractivity contribution in [3.05, 3.63) is 148 Å². The fourth-order valence-electron chi connectivity index (χ4n) is 9.45. The highest BCUT2D eigenvalue weighted by Gasteiger charge is 2.69. The standard InChI is InChI=1S/C43H35Cl2F3N8O8/c1-52-31-19-34(64-3)33(63-2)18-29(31)50-28(38(52)59)13-14-53-40(61)54-15-12-24-30(56(54)41(53)62)17-26-37(58)55(51-36-27(45)16-22(20-49-36)43(46,47)48)39(60)42(26,21-8-10-23(44)11-9-21)35(24)25-6-4-5-7-32(25)57/h4-12,16,18-20,26,30,35,57H,13-15,17H2,1-3H3,(H,49,51)/t26-,30+,35+,42+/m0/s1. The summed E-state index contributed by atoms with van der Waals surface area (Å²) in [4.78, 5) is 80.9. The Hall–Kier alpha value is -6.86. The largest absolute Gasteiger partial charge is 0.508 e. The van der Waals surface area contributed by atoms with Gasteiger partial charge in [-0.05, 0) is 41.8 Å². The predicted octanol–water partition coefficient (Wildman–Crippen LogP) is 5.36. The molecule has 0 unspecified atom stereocenters. The Balaban J connectivity index is 1.16. The molecule has 3 aliphatic rings. The van der Waals surface area contributed by atoms with Crippen molar-refractivity contribution in [3.63, 3.8) is 0 Å². The molecule has 3 aromatic heterocycles. The van der Waals surface area contributed by atoms with Crippen LogP contribution in [0.15, 0.2) is 99.0 Å². The molecule has 0 spiro atoms. The fraction of sp³-hybridized carbons (Fsp3) is 0.279. The van der Waals surface area contributed by atoms with Crippen LogP contribution in [0, 0.1) is 5.92 Å². The highest BCUT2D eigenvalue weighted by Crippen LogP contribution is 2.62. The molecule has 1 saturated heterocycles. The van der Waals surface area contributed by atoms with Crippen LogP contribution in [0.25, 0.3) is 11.0 Å². The van der Waals surface area contributed by atoms with E-state index in [1.807, 2.05) is 0 Å². The van der Waals surface area contributed by atoms with E-state index in [4.69, 9.17) is 32.7 Å². The number of rotatable bonds is 9. The fourth-order valence-corrected chi connectivity index (χ4v) is 9.78. The molecule has 330 valence electrons. The van der Waals surface area contributed by atoms with E-state index >= 15 is 4.79 Å². The Morgan fingerprint density at radius 1 is 0.953 bits per heavy atom. The van der Waals surface area contributed by atoms with Gasteiger partial charge in [0.05, 0.1) is 59.8 Å². The number of imide groups is 1. The summed E-state index contributed by atoms with van der Waals surface area (Å²) in [5.74, 6) is -4.13. The van der Waals surface area contributed by atoms with Crippen molar-refractivity contribution in [2.75, 3.05) is 19.6 Å². The molecule has 0 bridgehead atoms. The lowest BCUT2D eigenvalue weighted by molar-refractivity contribution is -0.139. The van der Waals surface area contributed by atoms with E-state index in [2.05, 4.69) is 15.4 Å². The molecular formula is C43H35Cl2F3N8O8. The number of nitrogens with zero attached hydrogens (tertiary/aromatic N) is 7.